The van der Waals surface area contributed by atoms with Gasteiger partial charge in [0.2, 0.25) is 0 Å². The van der Waals surface area contributed by atoms with Crippen LogP contribution in [-0.2, 0) is 4.43 Å². The molecule has 0 radical (unpaired) electrons. The van der Waals surface area contributed by atoms with Crippen LogP contribution in [0.5, 0.6) is 0 Å². The van der Waals surface area contributed by atoms with Crippen LogP contribution in [0.4, 0.5) is 0 Å². The van der Waals surface area contributed by atoms with E-state index in [4.69, 9.17) is 4.43 Å². The fourth-order valence-electron chi connectivity index (χ4n) is 4.07. The van der Waals surface area contributed by atoms with Gasteiger partial charge in [0.05, 0.1) is 6.10 Å². The molecule has 0 unspecified atom stereocenters. The molecule has 1 saturated carbocycles. The van der Waals surface area contributed by atoms with Gasteiger partial charge in [0.15, 0.2) is 8.32 Å². The molecule has 0 heterocycles. The maximum Gasteiger partial charge on any atom is 0.200 e. The molecule has 1 aliphatic rings. The minimum absolute atomic E-state index is 0.0569. The van der Waals surface area contributed by atoms with E-state index in [1.54, 1.807) is 0 Å². The molecular weight excluding hydrogens is 252 g/mol. The molecule has 0 amide bonds. The summed E-state index contributed by atoms with van der Waals surface area (Å²) in [4.78, 5) is 0. The molecule has 3 heteroatoms. The molecular formula is C16H34O2Si. The highest BCUT2D eigenvalue weighted by Crippen LogP contribution is 2.43. The molecule has 0 saturated heterocycles. The Bertz CT molecular complexity index is 234. The van der Waals surface area contributed by atoms with Crippen molar-refractivity contribution in [3.05, 3.63) is 0 Å². The summed E-state index contributed by atoms with van der Waals surface area (Å²) in [6.07, 6.45) is 4.15. The molecule has 0 aromatic carbocycles. The SMILES string of the molecule is CC(C)[Si](OC[C@H]1CC[C@H](O)CC1)(C(C)C)C(C)C. The van der Waals surface area contributed by atoms with Crippen LogP contribution in [0.25, 0.3) is 0 Å². The molecule has 1 N–H and O–H groups in total. The minimum Gasteiger partial charge on any atom is -0.416 e. The maximum absolute atomic E-state index is 9.59. The van der Waals surface area contributed by atoms with Crippen molar-refractivity contribution in [2.24, 2.45) is 5.92 Å². The number of hydrogen-bond donors (Lipinski definition) is 1. The van der Waals surface area contributed by atoms with Gasteiger partial charge in [0.1, 0.15) is 0 Å². The molecule has 0 aliphatic heterocycles. The summed E-state index contributed by atoms with van der Waals surface area (Å²) >= 11 is 0. The number of aliphatic hydroxyl groups excluding tert-OH is 1. The van der Waals surface area contributed by atoms with Crippen molar-refractivity contribution in [3.63, 3.8) is 0 Å². The van der Waals surface area contributed by atoms with Crippen LogP contribution in [0, 0.1) is 5.92 Å². The largest absolute Gasteiger partial charge is 0.416 e. The first-order valence-corrected chi connectivity index (χ1v) is 10.3. The van der Waals surface area contributed by atoms with Crippen molar-refractivity contribution in [1.29, 1.82) is 0 Å². The van der Waals surface area contributed by atoms with Gasteiger partial charge in [-0.05, 0) is 48.2 Å². The first kappa shape index (κ1) is 17.2. The van der Waals surface area contributed by atoms with Gasteiger partial charge in [-0.15, -0.1) is 0 Å². The molecule has 19 heavy (non-hydrogen) atoms. The third-order valence-electron chi connectivity index (χ3n) is 5.09. The first-order valence-electron chi connectivity index (χ1n) is 8.12. The Labute approximate surface area is 121 Å². The second-order valence-electron chi connectivity index (χ2n) is 7.30. The Hall–Kier alpha value is 0.137. The number of aliphatic hydroxyl groups is 1. The molecule has 1 rings (SSSR count). The summed E-state index contributed by atoms with van der Waals surface area (Å²) in [5, 5.41) is 9.59. The lowest BCUT2D eigenvalue weighted by Crippen LogP contribution is -2.48. The van der Waals surface area contributed by atoms with Crippen LogP contribution >= 0.6 is 0 Å². The van der Waals surface area contributed by atoms with Crippen molar-refractivity contribution >= 4 is 8.32 Å². The Balaban J connectivity index is 2.63. The van der Waals surface area contributed by atoms with E-state index < -0.39 is 8.32 Å². The molecule has 0 atom stereocenters. The average Bonchev–Trinajstić information content (AvgIpc) is 2.30. The van der Waals surface area contributed by atoms with E-state index in [1.165, 1.54) is 0 Å². The van der Waals surface area contributed by atoms with Gasteiger partial charge in [-0.2, -0.15) is 0 Å². The lowest BCUT2D eigenvalue weighted by atomic mass is 9.88. The van der Waals surface area contributed by atoms with Crippen LogP contribution in [0.3, 0.4) is 0 Å². The van der Waals surface area contributed by atoms with E-state index in [9.17, 15) is 5.11 Å². The second-order valence-corrected chi connectivity index (χ2v) is 12.8. The van der Waals surface area contributed by atoms with E-state index in [0.29, 0.717) is 22.5 Å². The van der Waals surface area contributed by atoms with Crippen molar-refractivity contribution in [3.8, 4) is 0 Å². The summed E-state index contributed by atoms with van der Waals surface area (Å²) in [5.41, 5.74) is 2.00. The van der Waals surface area contributed by atoms with Crippen LogP contribution < -0.4 is 0 Å². The topological polar surface area (TPSA) is 29.5 Å². The lowest BCUT2D eigenvalue weighted by molar-refractivity contribution is 0.0880. The summed E-state index contributed by atoms with van der Waals surface area (Å²) in [6.45, 7) is 15.0. The van der Waals surface area contributed by atoms with Gasteiger partial charge in [0, 0.05) is 6.61 Å². The van der Waals surface area contributed by atoms with Crippen LogP contribution in [0.1, 0.15) is 67.2 Å². The second kappa shape index (κ2) is 7.23. The molecule has 1 aliphatic carbocycles. The van der Waals surface area contributed by atoms with Gasteiger partial charge in [-0.1, -0.05) is 41.5 Å². The zero-order valence-corrected chi connectivity index (χ0v) is 14.8. The quantitative estimate of drug-likeness (QED) is 0.715. The summed E-state index contributed by atoms with van der Waals surface area (Å²) < 4.78 is 6.65. The smallest absolute Gasteiger partial charge is 0.200 e. The maximum atomic E-state index is 9.59. The zero-order chi connectivity index (χ0) is 14.6. The number of hydrogen-bond acceptors (Lipinski definition) is 2. The highest BCUT2D eigenvalue weighted by molar-refractivity contribution is 6.77. The van der Waals surface area contributed by atoms with Gasteiger partial charge in [0.25, 0.3) is 0 Å². The van der Waals surface area contributed by atoms with Gasteiger partial charge in [-0.3, -0.25) is 0 Å². The third-order valence-corrected chi connectivity index (χ3v) is 11.2. The Morgan fingerprint density at radius 2 is 1.32 bits per heavy atom. The van der Waals surface area contributed by atoms with Crippen molar-refractivity contribution < 1.29 is 9.53 Å². The fourth-order valence-corrected chi connectivity index (χ4v) is 9.60. The fraction of sp³-hybridized carbons (Fsp3) is 1.00. The van der Waals surface area contributed by atoms with E-state index in [2.05, 4.69) is 41.5 Å². The molecule has 2 nitrogen and oxygen atoms in total. The van der Waals surface area contributed by atoms with E-state index >= 15 is 0 Å². The molecule has 1 fully saturated rings. The monoisotopic (exact) mass is 286 g/mol. The first-order chi connectivity index (χ1) is 8.80. The molecule has 0 spiro atoms. The molecule has 0 aromatic rings. The van der Waals surface area contributed by atoms with E-state index in [-0.39, 0.29) is 6.10 Å². The number of rotatable bonds is 6. The van der Waals surface area contributed by atoms with Gasteiger partial charge in [-0.25, -0.2) is 0 Å². The highest BCUT2D eigenvalue weighted by atomic mass is 28.4. The highest BCUT2D eigenvalue weighted by Gasteiger charge is 2.45. The minimum atomic E-state index is -1.69. The van der Waals surface area contributed by atoms with E-state index in [0.717, 1.165) is 32.3 Å². The Morgan fingerprint density at radius 3 is 1.68 bits per heavy atom. The van der Waals surface area contributed by atoms with Gasteiger partial charge >= 0.3 is 0 Å². The predicted octanol–water partition coefficient (Wildman–Crippen LogP) is 4.73. The Morgan fingerprint density at radius 1 is 0.895 bits per heavy atom. The molecule has 0 aromatic heterocycles. The normalized spacial score (nSPS) is 25.6. The van der Waals surface area contributed by atoms with Crippen LogP contribution in [-0.4, -0.2) is 26.1 Å². The Kier molecular flexibility index (Phi) is 6.54. The third kappa shape index (κ3) is 4.05. The van der Waals surface area contributed by atoms with Crippen molar-refractivity contribution in [2.75, 3.05) is 6.61 Å². The van der Waals surface area contributed by atoms with E-state index in [1.807, 2.05) is 0 Å². The van der Waals surface area contributed by atoms with Gasteiger partial charge < -0.3 is 9.53 Å². The predicted molar refractivity (Wildman–Crippen MR) is 85.0 cm³/mol. The van der Waals surface area contributed by atoms with Crippen molar-refractivity contribution in [1.82, 2.24) is 0 Å². The average molecular weight is 287 g/mol. The summed E-state index contributed by atoms with van der Waals surface area (Å²) in [5.74, 6) is 0.673. The zero-order valence-electron chi connectivity index (χ0n) is 13.8. The summed E-state index contributed by atoms with van der Waals surface area (Å²) in [7, 11) is -1.69. The summed E-state index contributed by atoms with van der Waals surface area (Å²) in [6, 6.07) is 0. The van der Waals surface area contributed by atoms with Crippen LogP contribution in [0.15, 0.2) is 0 Å². The standard InChI is InChI=1S/C16H34O2Si/c1-12(2)19(13(3)4,14(5)6)18-11-15-7-9-16(17)10-8-15/h12-17H,7-11H2,1-6H3/t15-,16-. The van der Waals surface area contributed by atoms with Crippen molar-refractivity contribution in [2.45, 2.75) is 90.0 Å². The lowest BCUT2D eigenvalue weighted by Gasteiger charge is -2.43. The molecule has 114 valence electrons. The molecule has 0 bridgehead atoms. The van der Waals surface area contributed by atoms with Crippen LogP contribution in [0.2, 0.25) is 16.6 Å².